The van der Waals surface area contributed by atoms with Gasteiger partial charge in [0.2, 0.25) is 0 Å². The molecule has 0 aliphatic rings. The van der Waals surface area contributed by atoms with Crippen molar-refractivity contribution in [2.75, 3.05) is 11.9 Å². The van der Waals surface area contributed by atoms with Crippen molar-refractivity contribution in [3.63, 3.8) is 0 Å². The molecule has 3 heteroatoms. The number of benzene rings is 1. The Morgan fingerprint density at radius 1 is 1.33 bits per heavy atom. The standard InChI is InChI=1S/C12H18FNO/c1-8(2)11-6-10(4-5-12(11)13)14-7-9(3)15/h4-6,8-9,14-15H,7H2,1-3H3. The molecule has 0 fully saturated rings. The fourth-order valence-corrected chi connectivity index (χ4v) is 1.36. The van der Waals surface area contributed by atoms with E-state index in [0.29, 0.717) is 12.1 Å². The molecule has 0 saturated carbocycles. The van der Waals surface area contributed by atoms with Gasteiger partial charge in [-0.1, -0.05) is 13.8 Å². The summed E-state index contributed by atoms with van der Waals surface area (Å²) in [5.74, 6) is -0.00843. The molecule has 0 aliphatic carbocycles. The van der Waals surface area contributed by atoms with Crippen LogP contribution in [0.4, 0.5) is 10.1 Å². The second kappa shape index (κ2) is 5.12. The Labute approximate surface area is 90.1 Å². The first kappa shape index (κ1) is 12.0. The van der Waals surface area contributed by atoms with Gasteiger partial charge in [0.25, 0.3) is 0 Å². The number of rotatable bonds is 4. The molecule has 0 aromatic heterocycles. The second-order valence-corrected chi connectivity index (χ2v) is 4.12. The summed E-state index contributed by atoms with van der Waals surface area (Å²) in [7, 11) is 0. The maximum atomic E-state index is 13.3. The smallest absolute Gasteiger partial charge is 0.126 e. The maximum absolute atomic E-state index is 13.3. The Morgan fingerprint density at radius 2 is 2.00 bits per heavy atom. The fraction of sp³-hybridized carbons (Fsp3) is 0.500. The number of aliphatic hydroxyl groups is 1. The zero-order valence-corrected chi connectivity index (χ0v) is 9.42. The molecule has 2 N–H and O–H groups in total. The van der Waals surface area contributed by atoms with E-state index in [9.17, 15) is 4.39 Å². The Kier molecular flexibility index (Phi) is 4.09. The average Bonchev–Trinajstić information content (AvgIpc) is 2.16. The third kappa shape index (κ3) is 3.51. The van der Waals surface area contributed by atoms with Crippen molar-refractivity contribution in [1.29, 1.82) is 0 Å². The molecule has 0 heterocycles. The average molecular weight is 211 g/mol. The first-order chi connectivity index (χ1) is 7.00. The fourth-order valence-electron chi connectivity index (χ4n) is 1.36. The minimum Gasteiger partial charge on any atom is -0.392 e. The monoisotopic (exact) mass is 211 g/mol. The number of hydrogen-bond donors (Lipinski definition) is 2. The topological polar surface area (TPSA) is 32.3 Å². The van der Waals surface area contributed by atoms with Crippen molar-refractivity contribution in [3.8, 4) is 0 Å². The van der Waals surface area contributed by atoms with Gasteiger partial charge < -0.3 is 10.4 Å². The van der Waals surface area contributed by atoms with Gasteiger partial charge >= 0.3 is 0 Å². The maximum Gasteiger partial charge on any atom is 0.126 e. The Bertz CT molecular complexity index is 323. The lowest BCUT2D eigenvalue weighted by Crippen LogP contribution is -2.15. The highest BCUT2D eigenvalue weighted by Crippen LogP contribution is 2.22. The Balaban J connectivity index is 2.78. The van der Waals surface area contributed by atoms with E-state index in [2.05, 4.69) is 5.32 Å². The van der Waals surface area contributed by atoms with Crippen molar-refractivity contribution in [1.82, 2.24) is 0 Å². The zero-order valence-electron chi connectivity index (χ0n) is 9.42. The van der Waals surface area contributed by atoms with Gasteiger partial charge in [-0.2, -0.15) is 0 Å². The largest absolute Gasteiger partial charge is 0.392 e. The Morgan fingerprint density at radius 3 is 2.53 bits per heavy atom. The van der Waals surface area contributed by atoms with E-state index in [-0.39, 0.29) is 11.7 Å². The second-order valence-electron chi connectivity index (χ2n) is 4.12. The summed E-state index contributed by atoms with van der Waals surface area (Å²) in [5, 5.41) is 12.2. The molecule has 1 unspecified atom stereocenters. The van der Waals surface area contributed by atoms with Crippen molar-refractivity contribution in [2.45, 2.75) is 32.8 Å². The highest BCUT2D eigenvalue weighted by atomic mass is 19.1. The van der Waals surface area contributed by atoms with E-state index >= 15 is 0 Å². The van der Waals surface area contributed by atoms with E-state index < -0.39 is 6.10 Å². The first-order valence-electron chi connectivity index (χ1n) is 5.22. The van der Waals surface area contributed by atoms with Crippen LogP contribution in [0.1, 0.15) is 32.3 Å². The molecule has 0 amide bonds. The third-order valence-corrected chi connectivity index (χ3v) is 2.22. The van der Waals surface area contributed by atoms with Crippen LogP contribution in [0.15, 0.2) is 18.2 Å². The molecule has 1 aromatic rings. The van der Waals surface area contributed by atoms with Crippen LogP contribution in [0.2, 0.25) is 0 Å². The molecule has 84 valence electrons. The van der Waals surface area contributed by atoms with E-state index in [1.54, 1.807) is 19.1 Å². The summed E-state index contributed by atoms with van der Waals surface area (Å²) in [6.45, 7) is 6.09. The lowest BCUT2D eigenvalue weighted by Gasteiger charge is -2.12. The molecular weight excluding hydrogens is 193 g/mol. The van der Waals surface area contributed by atoms with Crippen LogP contribution in [-0.2, 0) is 0 Å². The number of halogens is 1. The lowest BCUT2D eigenvalue weighted by atomic mass is 10.0. The van der Waals surface area contributed by atoms with Gasteiger partial charge in [0.1, 0.15) is 5.82 Å². The number of nitrogens with one attached hydrogen (secondary N) is 1. The highest BCUT2D eigenvalue weighted by molar-refractivity contribution is 5.47. The van der Waals surface area contributed by atoms with E-state index in [1.807, 2.05) is 13.8 Å². The van der Waals surface area contributed by atoms with Crippen LogP contribution in [-0.4, -0.2) is 17.8 Å². The van der Waals surface area contributed by atoms with Crippen LogP contribution < -0.4 is 5.32 Å². The van der Waals surface area contributed by atoms with Crippen LogP contribution in [0, 0.1) is 5.82 Å². The van der Waals surface area contributed by atoms with Gasteiger partial charge in [-0.3, -0.25) is 0 Å². The van der Waals surface area contributed by atoms with Crippen LogP contribution in [0.3, 0.4) is 0 Å². The lowest BCUT2D eigenvalue weighted by molar-refractivity contribution is 0.208. The molecule has 0 radical (unpaired) electrons. The molecule has 0 bridgehead atoms. The Hall–Kier alpha value is -1.09. The summed E-state index contributed by atoms with van der Waals surface area (Å²) in [4.78, 5) is 0. The molecule has 1 rings (SSSR count). The number of anilines is 1. The molecule has 1 atom stereocenters. The normalized spacial score (nSPS) is 12.9. The van der Waals surface area contributed by atoms with Gasteiger partial charge in [0.15, 0.2) is 0 Å². The number of hydrogen-bond acceptors (Lipinski definition) is 2. The van der Waals surface area contributed by atoms with Crippen LogP contribution >= 0.6 is 0 Å². The van der Waals surface area contributed by atoms with E-state index in [1.165, 1.54) is 6.07 Å². The van der Waals surface area contributed by atoms with Gasteiger partial charge in [0, 0.05) is 12.2 Å². The molecule has 2 nitrogen and oxygen atoms in total. The van der Waals surface area contributed by atoms with Crippen molar-refractivity contribution in [3.05, 3.63) is 29.6 Å². The third-order valence-electron chi connectivity index (χ3n) is 2.22. The van der Waals surface area contributed by atoms with Crippen molar-refractivity contribution >= 4 is 5.69 Å². The van der Waals surface area contributed by atoms with E-state index in [0.717, 1.165) is 5.69 Å². The SMILES string of the molecule is CC(O)CNc1ccc(F)c(C(C)C)c1. The van der Waals surface area contributed by atoms with Crippen LogP contribution in [0.25, 0.3) is 0 Å². The van der Waals surface area contributed by atoms with Crippen molar-refractivity contribution in [2.24, 2.45) is 0 Å². The summed E-state index contributed by atoms with van der Waals surface area (Å²) in [5.41, 5.74) is 1.55. The summed E-state index contributed by atoms with van der Waals surface area (Å²) < 4.78 is 13.3. The molecule has 0 aliphatic heterocycles. The zero-order chi connectivity index (χ0) is 11.4. The molecule has 0 spiro atoms. The molecule has 0 saturated heterocycles. The highest BCUT2D eigenvalue weighted by Gasteiger charge is 2.07. The molecule has 15 heavy (non-hydrogen) atoms. The van der Waals surface area contributed by atoms with E-state index in [4.69, 9.17) is 5.11 Å². The van der Waals surface area contributed by atoms with Crippen LogP contribution in [0.5, 0.6) is 0 Å². The predicted molar refractivity (Wildman–Crippen MR) is 60.7 cm³/mol. The summed E-state index contributed by atoms with van der Waals surface area (Å²) in [6.07, 6.45) is -0.405. The predicted octanol–water partition coefficient (Wildman–Crippen LogP) is 2.74. The van der Waals surface area contributed by atoms with Gasteiger partial charge in [-0.05, 0) is 36.6 Å². The minimum atomic E-state index is -0.405. The number of aliphatic hydroxyl groups excluding tert-OH is 1. The summed E-state index contributed by atoms with van der Waals surface area (Å²) in [6, 6.07) is 4.94. The summed E-state index contributed by atoms with van der Waals surface area (Å²) >= 11 is 0. The van der Waals surface area contributed by atoms with Crippen molar-refractivity contribution < 1.29 is 9.50 Å². The quantitative estimate of drug-likeness (QED) is 0.802. The molecular formula is C12H18FNO. The van der Waals surface area contributed by atoms with Gasteiger partial charge in [-0.15, -0.1) is 0 Å². The molecule has 1 aromatic carbocycles. The first-order valence-corrected chi connectivity index (χ1v) is 5.22. The van der Waals surface area contributed by atoms with Gasteiger partial charge in [0.05, 0.1) is 6.10 Å². The minimum absolute atomic E-state index is 0.165. The van der Waals surface area contributed by atoms with Gasteiger partial charge in [-0.25, -0.2) is 4.39 Å².